The highest BCUT2D eigenvalue weighted by molar-refractivity contribution is 8.02. The molecule has 0 aromatic carbocycles. The largest absolute Gasteiger partial charge is 0.340 e. The Labute approximate surface area is 114 Å². The maximum absolute atomic E-state index is 12.0. The molecule has 0 aromatic heterocycles. The molecule has 0 aromatic rings. The van der Waals surface area contributed by atoms with Crippen molar-refractivity contribution in [3.8, 4) is 0 Å². The van der Waals surface area contributed by atoms with Gasteiger partial charge in [-0.25, -0.2) is 0 Å². The van der Waals surface area contributed by atoms with Crippen molar-refractivity contribution < 1.29 is 4.79 Å². The van der Waals surface area contributed by atoms with Crippen molar-refractivity contribution in [2.45, 2.75) is 19.3 Å². The van der Waals surface area contributed by atoms with E-state index in [-0.39, 0.29) is 0 Å². The molecule has 2 rings (SSSR count). The van der Waals surface area contributed by atoms with E-state index in [0.29, 0.717) is 18.2 Å². The molecule has 1 aliphatic heterocycles. The number of hydrogen-bond donors (Lipinski definition) is 1. The van der Waals surface area contributed by atoms with Crippen molar-refractivity contribution in [3.05, 3.63) is 23.1 Å². The van der Waals surface area contributed by atoms with E-state index in [9.17, 15) is 4.79 Å². The van der Waals surface area contributed by atoms with E-state index in [0.717, 1.165) is 39.0 Å². The molecule has 3 nitrogen and oxygen atoms in total. The number of nitrogens with one attached hydrogen (secondary N) is 1. The quantitative estimate of drug-likeness (QED) is 0.845. The summed E-state index contributed by atoms with van der Waals surface area (Å²) in [6.45, 7) is 3.62. The summed E-state index contributed by atoms with van der Waals surface area (Å²) in [7, 11) is 0. The Hall–Kier alpha value is -0.740. The van der Waals surface area contributed by atoms with Gasteiger partial charge in [-0.2, -0.15) is 0 Å². The first-order valence-electron chi connectivity index (χ1n) is 6.69. The molecule has 1 heterocycles. The number of allylic oxidation sites excluding steroid dienone is 4. The van der Waals surface area contributed by atoms with Crippen molar-refractivity contribution in [2.24, 2.45) is 5.92 Å². The summed E-state index contributed by atoms with van der Waals surface area (Å²) >= 11 is 1.82. The molecule has 0 radical (unpaired) electrons. The fourth-order valence-electron chi connectivity index (χ4n) is 2.45. The number of thioether (sulfide) groups is 1. The van der Waals surface area contributed by atoms with Gasteiger partial charge in [0.25, 0.3) is 0 Å². The predicted octanol–water partition coefficient (Wildman–Crippen LogP) is 2.02. The second kappa shape index (κ2) is 7.00. The molecule has 4 heteroatoms. The molecule has 100 valence electrons. The molecule has 1 unspecified atom stereocenters. The molecule has 2 aliphatic rings. The van der Waals surface area contributed by atoms with Crippen molar-refractivity contribution in [1.29, 1.82) is 0 Å². The topological polar surface area (TPSA) is 32.3 Å². The summed E-state index contributed by atoms with van der Waals surface area (Å²) in [5.41, 5.74) is 0. The zero-order chi connectivity index (χ0) is 12.8. The number of carbonyl (C=O) groups is 1. The van der Waals surface area contributed by atoms with Crippen LogP contribution in [0.25, 0.3) is 0 Å². The van der Waals surface area contributed by atoms with E-state index in [1.165, 1.54) is 4.91 Å². The smallest absolute Gasteiger partial charge is 0.222 e. The van der Waals surface area contributed by atoms with Crippen LogP contribution in [0.2, 0.25) is 0 Å². The van der Waals surface area contributed by atoms with E-state index in [1.54, 1.807) is 0 Å². The number of hydrogen-bond acceptors (Lipinski definition) is 3. The van der Waals surface area contributed by atoms with Crippen LogP contribution in [0.5, 0.6) is 0 Å². The maximum Gasteiger partial charge on any atom is 0.222 e. The van der Waals surface area contributed by atoms with Gasteiger partial charge in [-0.15, -0.1) is 11.8 Å². The minimum Gasteiger partial charge on any atom is -0.340 e. The van der Waals surface area contributed by atoms with E-state index in [1.807, 2.05) is 16.7 Å². The highest BCUT2D eigenvalue weighted by Gasteiger charge is 2.18. The number of amides is 1. The second-order valence-corrected chi connectivity index (χ2v) is 5.79. The minimum absolute atomic E-state index is 0.324. The van der Waals surface area contributed by atoms with Crippen LogP contribution >= 0.6 is 11.8 Å². The Morgan fingerprint density at radius 2 is 2.28 bits per heavy atom. The van der Waals surface area contributed by atoms with Crippen LogP contribution in [0.3, 0.4) is 0 Å². The number of piperazine rings is 1. The van der Waals surface area contributed by atoms with Gasteiger partial charge in [0.15, 0.2) is 0 Å². The molecular weight excluding hydrogens is 244 g/mol. The Morgan fingerprint density at radius 1 is 1.50 bits per heavy atom. The van der Waals surface area contributed by atoms with E-state index < -0.39 is 0 Å². The van der Waals surface area contributed by atoms with Gasteiger partial charge in [0.05, 0.1) is 0 Å². The monoisotopic (exact) mass is 266 g/mol. The molecule has 1 saturated heterocycles. The molecule has 0 saturated carbocycles. The molecule has 0 spiro atoms. The number of rotatable bonds is 4. The summed E-state index contributed by atoms with van der Waals surface area (Å²) < 4.78 is 0. The number of nitrogens with zero attached hydrogens (tertiary/aromatic N) is 1. The first kappa shape index (κ1) is 13.7. The maximum atomic E-state index is 12.0. The van der Waals surface area contributed by atoms with Gasteiger partial charge in [-0.1, -0.05) is 18.2 Å². The second-order valence-electron chi connectivity index (χ2n) is 4.86. The molecule has 1 aliphatic carbocycles. The SMILES string of the molecule is CSC1=CC=CC(CCC(=O)N2CCNCC2)C1. The van der Waals surface area contributed by atoms with Crippen LogP contribution in [0.4, 0.5) is 0 Å². The summed E-state index contributed by atoms with van der Waals surface area (Å²) in [4.78, 5) is 15.5. The molecule has 1 N–H and O–H groups in total. The van der Waals surface area contributed by atoms with Crippen molar-refractivity contribution in [2.75, 3.05) is 32.4 Å². The zero-order valence-electron chi connectivity index (χ0n) is 11.0. The van der Waals surface area contributed by atoms with Crippen molar-refractivity contribution in [3.63, 3.8) is 0 Å². The molecule has 18 heavy (non-hydrogen) atoms. The van der Waals surface area contributed by atoms with E-state index in [4.69, 9.17) is 0 Å². The first-order chi connectivity index (χ1) is 8.79. The van der Waals surface area contributed by atoms with Gasteiger partial charge >= 0.3 is 0 Å². The average molecular weight is 266 g/mol. The molecule has 1 amide bonds. The average Bonchev–Trinajstić information content (AvgIpc) is 2.46. The van der Waals surface area contributed by atoms with Gasteiger partial charge in [0, 0.05) is 32.6 Å². The summed E-state index contributed by atoms with van der Waals surface area (Å²) in [6.07, 6.45) is 11.5. The van der Waals surface area contributed by atoms with Crippen LogP contribution in [-0.4, -0.2) is 43.2 Å². The lowest BCUT2D eigenvalue weighted by Crippen LogP contribution is -2.46. The first-order valence-corrected chi connectivity index (χ1v) is 7.92. The van der Waals surface area contributed by atoms with E-state index >= 15 is 0 Å². The lowest BCUT2D eigenvalue weighted by atomic mass is 9.95. The standard InChI is InChI=1S/C14H22N2OS/c1-18-13-4-2-3-12(11-13)5-6-14(17)16-9-7-15-8-10-16/h2-4,12,15H,5-11H2,1H3. The third-order valence-electron chi connectivity index (χ3n) is 3.59. The normalized spacial score (nSPS) is 23.9. The van der Waals surface area contributed by atoms with Crippen LogP contribution in [0.1, 0.15) is 19.3 Å². The third kappa shape index (κ3) is 3.89. The highest BCUT2D eigenvalue weighted by atomic mass is 32.2. The van der Waals surface area contributed by atoms with Gasteiger partial charge < -0.3 is 10.2 Å². The summed E-state index contributed by atoms with van der Waals surface area (Å²) in [5.74, 6) is 0.870. The fourth-order valence-corrected chi connectivity index (χ4v) is 3.04. The van der Waals surface area contributed by atoms with Crippen LogP contribution in [0, 0.1) is 5.92 Å². The summed E-state index contributed by atoms with van der Waals surface area (Å²) in [5, 5.41) is 3.27. The Balaban J connectivity index is 1.73. The van der Waals surface area contributed by atoms with Gasteiger partial charge in [-0.05, 0) is 29.9 Å². The Bertz CT molecular complexity index is 346. The Morgan fingerprint density at radius 3 is 3.00 bits per heavy atom. The van der Waals surface area contributed by atoms with Crippen molar-refractivity contribution in [1.82, 2.24) is 10.2 Å². The zero-order valence-corrected chi connectivity index (χ0v) is 11.8. The van der Waals surface area contributed by atoms with Gasteiger partial charge in [0.1, 0.15) is 0 Å². The lowest BCUT2D eigenvalue weighted by molar-refractivity contribution is -0.132. The predicted molar refractivity (Wildman–Crippen MR) is 77.5 cm³/mol. The van der Waals surface area contributed by atoms with Crippen LogP contribution < -0.4 is 5.32 Å². The molecule has 1 atom stereocenters. The van der Waals surface area contributed by atoms with Crippen LogP contribution in [0.15, 0.2) is 23.1 Å². The molecular formula is C14H22N2OS. The summed E-state index contributed by atoms with van der Waals surface area (Å²) in [6, 6.07) is 0. The van der Waals surface area contributed by atoms with E-state index in [2.05, 4.69) is 29.8 Å². The van der Waals surface area contributed by atoms with Crippen LogP contribution in [-0.2, 0) is 4.79 Å². The highest BCUT2D eigenvalue weighted by Crippen LogP contribution is 2.28. The molecule has 0 bridgehead atoms. The lowest BCUT2D eigenvalue weighted by Gasteiger charge is -2.28. The Kier molecular flexibility index (Phi) is 5.32. The molecule has 1 fully saturated rings. The van der Waals surface area contributed by atoms with Crippen molar-refractivity contribution >= 4 is 17.7 Å². The van der Waals surface area contributed by atoms with Gasteiger partial charge in [-0.3, -0.25) is 4.79 Å². The number of carbonyl (C=O) groups excluding carboxylic acids is 1. The third-order valence-corrected chi connectivity index (χ3v) is 4.42. The fraction of sp³-hybridized carbons (Fsp3) is 0.643. The minimum atomic E-state index is 0.324. The van der Waals surface area contributed by atoms with Gasteiger partial charge in [0.2, 0.25) is 5.91 Å².